The fraction of sp³-hybridized carbons (Fsp3) is 0.261. The van der Waals surface area contributed by atoms with Crippen molar-refractivity contribution in [3.05, 3.63) is 64.8 Å². The molecule has 0 bridgehead atoms. The number of nitrogens with zero attached hydrogens (tertiary/aromatic N) is 6. The van der Waals surface area contributed by atoms with E-state index in [4.69, 9.17) is 32.9 Å². The third-order valence-electron chi connectivity index (χ3n) is 5.86. The molecular formula is C23H22Cl2N6O2. The number of hydrogen-bond acceptors (Lipinski definition) is 7. The van der Waals surface area contributed by atoms with Crippen molar-refractivity contribution in [3.8, 4) is 17.0 Å². The zero-order valence-corrected chi connectivity index (χ0v) is 19.5. The largest absolute Gasteiger partial charge is 0.495 e. The lowest BCUT2D eigenvalue weighted by atomic mass is 10.1. The molecule has 5 rings (SSSR count). The maximum Gasteiger partial charge on any atom is 0.139 e. The summed E-state index contributed by atoms with van der Waals surface area (Å²) in [4.78, 5) is 17.6. The van der Waals surface area contributed by atoms with Crippen LogP contribution in [0.2, 0.25) is 10.2 Å². The maximum atomic E-state index is 9.84. The van der Waals surface area contributed by atoms with Gasteiger partial charge in [-0.05, 0) is 23.8 Å². The van der Waals surface area contributed by atoms with Crippen LogP contribution in [0.3, 0.4) is 0 Å². The monoisotopic (exact) mass is 484 g/mol. The van der Waals surface area contributed by atoms with Gasteiger partial charge >= 0.3 is 0 Å². The fourth-order valence-electron chi connectivity index (χ4n) is 4.11. The summed E-state index contributed by atoms with van der Waals surface area (Å²) in [7, 11) is 1.55. The lowest BCUT2D eigenvalue weighted by molar-refractivity contribution is 0.281. The van der Waals surface area contributed by atoms with Gasteiger partial charge in [0.2, 0.25) is 0 Å². The molecule has 8 nitrogen and oxygen atoms in total. The Labute approximate surface area is 201 Å². The first kappa shape index (κ1) is 21.8. The number of aliphatic hydroxyl groups is 1. The maximum absolute atomic E-state index is 9.84. The van der Waals surface area contributed by atoms with E-state index >= 15 is 0 Å². The van der Waals surface area contributed by atoms with Crippen molar-refractivity contribution in [3.63, 3.8) is 0 Å². The molecule has 170 valence electrons. The molecule has 33 heavy (non-hydrogen) atoms. The van der Waals surface area contributed by atoms with Crippen LogP contribution in [0.4, 0.5) is 11.5 Å². The molecule has 1 aliphatic rings. The topological polar surface area (TPSA) is 79.0 Å². The van der Waals surface area contributed by atoms with Crippen molar-refractivity contribution in [1.82, 2.24) is 19.4 Å². The molecule has 0 spiro atoms. The van der Waals surface area contributed by atoms with Gasteiger partial charge in [-0.2, -0.15) is 0 Å². The van der Waals surface area contributed by atoms with E-state index in [0.717, 1.165) is 54.6 Å². The van der Waals surface area contributed by atoms with Gasteiger partial charge in [0, 0.05) is 62.0 Å². The van der Waals surface area contributed by atoms with Crippen molar-refractivity contribution < 1.29 is 9.84 Å². The van der Waals surface area contributed by atoms with Gasteiger partial charge in [0.05, 0.1) is 24.4 Å². The summed E-state index contributed by atoms with van der Waals surface area (Å²) in [5.74, 6) is 1.37. The molecule has 1 N–H and O–H groups in total. The van der Waals surface area contributed by atoms with E-state index in [2.05, 4.69) is 31.9 Å². The van der Waals surface area contributed by atoms with E-state index in [1.165, 1.54) is 6.33 Å². The van der Waals surface area contributed by atoms with E-state index in [-0.39, 0.29) is 6.61 Å². The molecular weight excluding hydrogens is 463 g/mol. The van der Waals surface area contributed by atoms with Crippen LogP contribution >= 0.6 is 23.2 Å². The Balaban J connectivity index is 1.38. The number of aliphatic hydroxyl groups excluding tert-OH is 1. The van der Waals surface area contributed by atoms with Crippen molar-refractivity contribution in [1.29, 1.82) is 0 Å². The number of hydrogen-bond donors (Lipinski definition) is 1. The Morgan fingerprint density at radius 3 is 2.55 bits per heavy atom. The van der Waals surface area contributed by atoms with Crippen molar-refractivity contribution in [2.45, 2.75) is 6.61 Å². The number of imidazole rings is 1. The highest BCUT2D eigenvalue weighted by molar-refractivity contribution is 6.32. The van der Waals surface area contributed by atoms with Gasteiger partial charge in [-0.25, -0.2) is 15.0 Å². The molecule has 1 fully saturated rings. The van der Waals surface area contributed by atoms with Gasteiger partial charge in [0.1, 0.15) is 28.7 Å². The third-order valence-corrected chi connectivity index (χ3v) is 6.36. The van der Waals surface area contributed by atoms with Gasteiger partial charge in [-0.15, -0.1) is 0 Å². The molecule has 0 unspecified atom stereocenters. The minimum Gasteiger partial charge on any atom is -0.495 e. The van der Waals surface area contributed by atoms with Gasteiger partial charge in [0.25, 0.3) is 0 Å². The summed E-state index contributed by atoms with van der Waals surface area (Å²) in [5, 5.41) is 10.8. The number of methoxy groups -OCH3 is 1. The van der Waals surface area contributed by atoms with Crippen LogP contribution in [0, 0.1) is 0 Å². The Hall–Kier alpha value is -3.07. The van der Waals surface area contributed by atoms with Crippen LogP contribution in [-0.4, -0.2) is 57.7 Å². The first-order valence-electron chi connectivity index (χ1n) is 10.5. The average Bonchev–Trinajstić information content (AvgIpc) is 3.27. The molecule has 0 atom stereocenters. The fourth-order valence-corrected chi connectivity index (χ4v) is 4.49. The molecule has 10 heteroatoms. The molecule has 4 heterocycles. The summed E-state index contributed by atoms with van der Waals surface area (Å²) in [6.45, 7) is 3.25. The molecule has 0 aliphatic carbocycles. The first-order chi connectivity index (χ1) is 16.1. The van der Waals surface area contributed by atoms with E-state index in [1.54, 1.807) is 25.3 Å². The highest BCUT2D eigenvalue weighted by Gasteiger charge is 2.20. The van der Waals surface area contributed by atoms with E-state index in [1.807, 2.05) is 16.8 Å². The summed E-state index contributed by atoms with van der Waals surface area (Å²) >= 11 is 12.3. The number of ether oxygens (including phenoxy) is 1. The molecule has 1 aromatic carbocycles. The smallest absolute Gasteiger partial charge is 0.139 e. The second kappa shape index (κ2) is 9.05. The van der Waals surface area contributed by atoms with Gasteiger partial charge in [-0.3, -0.25) is 0 Å². The SMILES string of the molecule is COc1cc(CO)c(-c2cn3ccc(N4CCN(c5cc(Cl)ncn5)CC4)cc3n2)cc1Cl. The predicted molar refractivity (Wildman–Crippen MR) is 130 cm³/mol. The zero-order chi connectivity index (χ0) is 22.9. The average molecular weight is 485 g/mol. The standard InChI is InChI=1S/C23H22Cl2N6O2/c1-33-20-8-15(13-32)17(10-18(20)24)19-12-31-3-2-16(9-23(31)28-19)29-4-6-30(7-5-29)22-11-21(25)26-14-27-22/h2-3,8-12,14,32H,4-7,13H2,1H3. The summed E-state index contributed by atoms with van der Waals surface area (Å²) in [6, 6.07) is 9.49. The number of benzene rings is 1. The Kier molecular flexibility index (Phi) is 5.97. The van der Waals surface area contributed by atoms with Crippen molar-refractivity contribution >= 4 is 40.4 Å². The first-order valence-corrected chi connectivity index (χ1v) is 11.2. The molecule has 4 aromatic rings. The van der Waals surface area contributed by atoms with Crippen molar-refractivity contribution in [2.24, 2.45) is 0 Å². The second-order valence-electron chi connectivity index (χ2n) is 7.75. The molecule has 1 aliphatic heterocycles. The van der Waals surface area contributed by atoms with Crippen LogP contribution in [0.25, 0.3) is 16.9 Å². The predicted octanol–water partition coefficient (Wildman–Crippen LogP) is 3.93. The Morgan fingerprint density at radius 1 is 1.03 bits per heavy atom. The number of aromatic nitrogens is 4. The van der Waals surface area contributed by atoms with E-state index in [0.29, 0.717) is 21.5 Å². The molecule has 3 aromatic heterocycles. The number of halogens is 2. The summed E-state index contributed by atoms with van der Waals surface area (Å²) < 4.78 is 7.24. The molecule has 0 amide bonds. The zero-order valence-electron chi connectivity index (χ0n) is 17.9. The van der Waals surface area contributed by atoms with Crippen LogP contribution in [0.1, 0.15) is 5.56 Å². The highest BCUT2D eigenvalue weighted by Crippen LogP contribution is 2.34. The van der Waals surface area contributed by atoms with Crippen LogP contribution in [0.5, 0.6) is 5.75 Å². The van der Waals surface area contributed by atoms with Crippen LogP contribution < -0.4 is 14.5 Å². The summed E-state index contributed by atoms with van der Waals surface area (Å²) in [6.07, 6.45) is 5.43. The van der Waals surface area contributed by atoms with Gasteiger partial charge in [0.15, 0.2) is 0 Å². The third kappa shape index (κ3) is 4.29. The van der Waals surface area contributed by atoms with E-state index < -0.39 is 0 Å². The van der Waals surface area contributed by atoms with Crippen LogP contribution in [0.15, 0.2) is 49.1 Å². The lowest BCUT2D eigenvalue weighted by Crippen LogP contribution is -2.46. The molecule has 0 radical (unpaired) electrons. The summed E-state index contributed by atoms with van der Waals surface area (Å²) in [5.41, 5.74) is 4.16. The molecule has 0 saturated carbocycles. The normalized spacial score (nSPS) is 14.2. The van der Waals surface area contributed by atoms with Crippen LogP contribution in [-0.2, 0) is 6.61 Å². The number of pyridine rings is 1. The van der Waals surface area contributed by atoms with Crippen molar-refractivity contribution in [2.75, 3.05) is 43.1 Å². The minimum absolute atomic E-state index is 0.135. The number of anilines is 2. The Morgan fingerprint density at radius 2 is 1.82 bits per heavy atom. The number of rotatable bonds is 5. The second-order valence-corrected chi connectivity index (χ2v) is 8.55. The van der Waals surface area contributed by atoms with Gasteiger partial charge in [-0.1, -0.05) is 23.2 Å². The molecule has 1 saturated heterocycles. The quantitative estimate of drug-likeness (QED) is 0.430. The number of fused-ring (bicyclic) bond motifs is 1. The van der Waals surface area contributed by atoms with Gasteiger partial charge < -0.3 is 24.0 Å². The Bertz CT molecular complexity index is 1300. The lowest BCUT2D eigenvalue weighted by Gasteiger charge is -2.36. The highest BCUT2D eigenvalue weighted by atomic mass is 35.5. The number of piperazine rings is 1. The minimum atomic E-state index is -0.135. The van der Waals surface area contributed by atoms with E-state index in [9.17, 15) is 5.11 Å².